The van der Waals surface area contributed by atoms with Crippen LogP contribution in [0.1, 0.15) is 30.9 Å². The summed E-state index contributed by atoms with van der Waals surface area (Å²) in [5, 5.41) is 0. The minimum absolute atomic E-state index is 0.147. The van der Waals surface area contributed by atoms with E-state index in [1.165, 1.54) is 12.7 Å². The van der Waals surface area contributed by atoms with Crippen molar-refractivity contribution in [1.29, 1.82) is 0 Å². The van der Waals surface area contributed by atoms with E-state index in [1.54, 1.807) is 7.11 Å². The first-order chi connectivity index (χ1) is 15.1. The Morgan fingerprint density at radius 1 is 1.26 bits per heavy atom. The minimum atomic E-state index is -0.170. The van der Waals surface area contributed by atoms with Crippen LogP contribution in [0.15, 0.2) is 36.4 Å². The molecule has 31 heavy (non-hydrogen) atoms. The number of hydrogen-bond donors (Lipinski definition) is 0. The van der Waals surface area contributed by atoms with E-state index in [1.807, 2.05) is 6.07 Å². The second-order valence-electron chi connectivity index (χ2n) is 8.12. The maximum absolute atomic E-state index is 11.8. The Balaban J connectivity index is 1.77. The number of benzene rings is 1. The van der Waals surface area contributed by atoms with Gasteiger partial charge in [0.1, 0.15) is 5.75 Å². The first-order valence-electron chi connectivity index (χ1n) is 11.3. The molecular formula is C25H36N2O4. The molecular weight excluding hydrogens is 392 g/mol. The van der Waals surface area contributed by atoms with Crippen LogP contribution in [0.5, 0.6) is 5.75 Å². The summed E-state index contributed by atoms with van der Waals surface area (Å²) in [6.07, 6.45) is 7.75. The Kier molecular flexibility index (Phi) is 9.13. The van der Waals surface area contributed by atoms with Crippen molar-refractivity contribution in [2.45, 2.75) is 26.3 Å². The maximum Gasteiger partial charge on any atom is 0.306 e. The number of esters is 1. The summed E-state index contributed by atoms with van der Waals surface area (Å²) in [5.74, 6) is 0.849. The number of carbonyl (C=O) groups is 1. The van der Waals surface area contributed by atoms with E-state index < -0.39 is 0 Å². The van der Waals surface area contributed by atoms with Gasteiger partial charge < -0.3 is 14.2 Å². The lowest BCUT2D eigenvalue weighted by Gasteiger charge is -2.30. The van der Waals surface area contributed by atoms with Crippen molar-refractivity contribution in [2.24, 2.45) is 5.92 Å². The van der Waals surface area contributed by atoms with Crippen LogP contribution in [-0.2, 0) is 20.8 Å². The third-order valence-corrected chi connectivity index (χ3v) is 6.11. The maximum atomic E-state index is 11.8. The van der Waals surface area contributed by atoms with Crippen LogP contribution in [-0.4, -0.2) is 75.9 Å². The van der Waals surface area contributed by atoms with Crippen LogP contribution in [0.3, 0.4) is 0 Å². The molecule has 1 aromatic carbocycles. The molecule has 3 rings (SSSR count). The highest BCUT2D eigenvalue weighted by molar-refractivity contribution is 5.81. The van der Waals surface area contributed by atoms with Crippen molar-refractivity contribution in [2.75, 3.05) is 60.2 Å². The van der Waals surface area contributed by atoms with Crippen molar-refractivity contribution in [1.82, 2.24) is 9.80 Å². The molecule has 0 amide bonds. The molecule has 170 valence electrons. The second-order valence-corrected chi connectivity index (χ2v) is 8.12. The Morgan fingerprint density at radius 3 is 2.77 bits per heavy atom. The van der Waals surface area contributed by atoms with E-state index >= 15 is 0 Å². The van der Waals surface area contributed by atoms with Gasteiger partial charge in [0.25, 0.3) is 0 Å². The number of likely N-dealkylation sites (N-methyl/N-ethyl adjacent to an activating group) is 1. The fourth-order valence-electron chi connectivity index (χ4n) is 4.26. The van der Waals surface area contributed by atoms with Crippen LogP contribution >= 0.6 is 0 Å². The molecule has 2 aliphatic rings. The lowest BCUT2D eigenvalue weighted by molar-refractivity contribution is -0.141. The largest absolute Gasteiger partial charge is 0.496 e. The van der Waals surface area contributed by atoms with Gasteiger partial charge in [0.15, 0.2) is 0 Å². The van der Waals surface area contributed by atoms with Gasteiger partial charge in [-0.05, 0) is 36.1 Å². The number of carbonyl (C=O) groups excluding carboxylic acids is 1. The van der Waals surface area contributed by atoms with Crippen LogP contribution in [0.2, 0.25) is 0 Å². The van der Waals surface area contributed by atoms with E-state index in [4.69, 9.17) is 14.2 Å². The first-order valence-corrected chi connectivity index (χ1v) is 11.3. The van der Waals surface area contributed by atoms with Gasteiger partial charge >= 0.3 is 5.97 Å². The molecule has 0 N–H and O–H groups in total. The number of ether oxygens (including phenoxy) is 3. The van der Waals surface area contributed by atoms with Crippen LogP contribution in [0.25, 0.3) is 5.57 Å². The van der Waals surface area contributed by atoms with E-state index in [0.717, 1.165) is 75.8 Å². The normalized spacial score (nSPS) is 19.4. The van der Waals surface area contributed by atoms with Gasteiger partial charge in [-0.25, -0.2) is 0 Å². The lowest BCUT2D eigenvalue weighted by atomic mass is 9.88. The van der Waals surface area contributed by atoms with Crippen LogP contribution in [0.4, 0.5) is 0 Å². The SMILES string of the molecule is CCN(CCN1CCOCC1)Cc1cccc(OC)c1C1=CC(CC(=O)OC)CC=C1. The van der Waals surface area contributed by atoms with Gasteiger partial charge in [0.05, 0.1) is 33.9 Å². The first kappa shape index (κ1) is 23.5. The highest BCUT2D eigenvalue weighted by Crippen LogP contribution is 2.35. The standard InChI is InChI=1S/C25H36N2O4/c1-4-26(11-12-27-13-15-31-16-14-27)19-22-9-6-10-23(29-2)25(22)21-8-5-7-20(17-21)18-24(28)30-3/h5-6,8-10,17,20H,4,7,11-16,18-19H2,1-3H3. The predicted molar refractivity (Wildman–Crippen MR) is 123 cm³/mol. The fraction of sp³-hybridized carbons (Fsp3) is 0.560. The number of rotatable bonds is 10. The fourth-order valence-corrected chi connectivity index (χ4v) is 4.26. The molecule has 0 aromatic heterocycles. The molecule has 0 saturated carbocycles. The Labute approximate surface area is 186 Å². The molecule has 1 unspecified atom stereocenters. The summed E-state index contributed by atoms with van der Waals surface area (Å²) >= 11 is 0. The van der Waals surface area contributed by atoms with Gasteiger partial charge in [0, 0.05) is 38.3 Å². The van der Waals surface area contributed by atoms with Crippen molar-refractivity contribution in [3.05, 3.63) is 47.6 Å². The number of hydrogen-bond acceptors (Lipinski definition) is 6. The average molecular weight is 429 g/mol. The van der Waals surface area contributed by atoms with Gasteiger partial charge in [-0.15, -0.1) is 0 Å². The number of methoxy groups -OCH3 is 2. The molecule has 1 heterocycles. The molecule has 0 bridgehead atoms. The van der Waals surface area contributed by atoms with E-state index in [2.05, 4.69) is 47.1 Å². The second kappa shape index (κ2) is 12.0. The smallest absolute Gasteiger partial charge is 0.306 e. The summed E-state index contributed by atoms with van der Waals surface area (Å²) in [4.78, 5) is 16.7. The number of allylic oxidation sites excluding steroid dienone is 4. The molecule has 1 aliphatic carbocycles. The Morgan fingerprint density at radius 2 is 2.06 bits per heavy atom. The summed E-state index contributed by atoms with van der Waals surface area (Å²) in [6, 6.07) is 6.27. The molecule has 1 aromatic rings. The lowest BCUT2D eigenvalue weighted by Crippen LogP contribution is -2.41. The predicted octanol–water partition coefficient (Wildman–Crippen LogP) is 3.37. The van der Waals surface area contributed by atoms with E-state index in [-0.39, 0.29) is 11.9 Å². The zero-order valence-electron chi connectivity index (χ0n) is 19.1. The van der Waals surface area contributed by atoms with E-state index in [0.29, 0.717) is 6.42 Å². The van der Waals surface area contributed by atoms with Gasteiger partial charge in [0.2, 0.25) is 0 Å². The molecule has 1 saturated heterocycles. The molecule has 0 radical (unpaired) electrons. The van der Waals surface area contributed by atoms with Crippen LogP contribution in [0, 0.1) is 5.92 Å². The minimum Gasteiger partial charge on any atom is -0.496 e. The Bertz CT molecular complexity index is 784. The molecule has 0 spiro atoms. The molecule has 1 atom stereocenters. The third kappa shape index (κ3) is 6.66. The van der Waals surface area contributed by atoms with Crippen molar-refractivity contribution in [3.63, 3.8) is 0 Å². The molecule has 1 aliphatic heterocycles. The third-order valence-electron chi connectivity index (χ3n) is 6.11. The van der Waals surface area contributed by atoms with Gasteiger partial charge in [-0.1, -0.05) is 37.3 Å². The molecule has 6 nitrogen and oxygen atoms in total. The highest BCUT2D eigenvalue weighted by atomic mass is 16.5. The molecule has 1 fully saturated rings. The summed E-state index contributed by atoms with van der Waals surface area (Å²) in [6.45, 7) is 9.83. The highest BCUT2D eigenvalue weighted by Gasteiger charge is 2.20. The summed E-state index contributed by atoms with van der Waals surface area (Å²) in [7, 11) is 3.16. The zero-order valence-corrected chi connectivity index (χ0v) is 19.1. The van der Waals surface area contributed by atoms with Gasteiger partial charge in [-0.3, -0.25) is 14.6 Å². The quantitative estimate of drug-likeness (QED) is 0.533. The van der Waals surface area contributed by atoms with Crippen molar-refractivity contribution < 1.29 is 19.0 Å². The zero-order chi connectivity index (χ0) is 22.1. The van der Waals surface area contributed by atoms with Crippen molar-refractivity contribution in [3.8, 4) is 5.75 Å². The molecule has 6 heteroatoms. The van der Waals surface area contributed by atoms with E-state index in [9.17, 15) is 4.79 Å². The van der Waals surface area contributed by atoms with Gasteiger partial charge in [-0.2, -0.15) is 0 Å². The van der Waals surface area contributed by atoms with Crippen LogP contribution < -0.4 is 4.74 Å². The topological polar surface area (TPSA) is 51.2 Å². The van der Waals surface area contributed by atoms with Crippen molar-refractivity contribution >= 4 is 11.5 Å². The summed E-state index contributed by atoms with van der Waals surface area (Å²) in [5.41, 5.74) is 3.50. The summed E-state index contributed by atoms with van der Waals surface area (Å²) < 4.78 is 16.1. The number of morpholine rings is 1. The number of nitrogens with zero attached hydrogens (tertiary/aromatic N) is 2. The Hall–Kier alpha value is -2.15. The average Bonchev–Trinajstić information content (AvgIpc) is 2.82. The monoisotopic (exact) mass is 428 g/mol.